The van der Waals surface area contributed by atoms with E-state index in [1.807, 2.05) is 52.0 Å². The highest BCUT2D eigenvalue weighted by Crippen LogP contribution is 2.27. The van der Waals surface area contributed by atoms with Gasteiger partial charge in [-0.25, -0.2) is 33.5 Å². The van der Waals surface area contributed by atoms with Crippen molar-refractivity contribution in [1.82, 2.24) is 19.1 Å². The van der Waals surface area contributed by atoms with E-state index >= 15 is 0 Å². The predicted octanol–water partition coefficient (Wildman–Crippen LogP) is 7.83. The summed E-state index contributed by atoms with van der Waals surface area (Å²) in [6.45, 7) is 13.7. The number of ketones is 1. The molecule has 0 N–H and O–H groups in total. The van der Waals surface area contributed by atoms with Gasteiger partial charge in [0, 0.05) is 37.3 Å². The van der Waals surface area contributed by atoms with Gasteiger partial charge in [-0.05, 0) is 69.1 Å². The van der Waals surface area contributed by atoms with Crippen molar-refractivity contribution in [2.45, 2.75) is 79.9 Å². The van der Waals surface area contributed by atoms with E-state index in [9.17, 15) is 19.2 Å². The van der Waals surface area contributed by atoms with Crippen molar-refractivity contribution in [2.24, 2.45) is 23.7 Å². The zero-order valence-corrected chi connectivity index (χ0v) is 30.1. The van der Waals surface area contributed by atoms with Crippen LogP contribution < -0.4 is 0 Å². The van der Waals surface area contributed by atoms with E-state index in [0.29, 0.717) is 18.4 Å². The maximum Gasteiger partial charge on any atom is 0.419 e. The third-order valence-electron chi connectivity index (χ3n) is 8.28. The Labute approximate surface area is 295 Å². The summed E-state index contributed by atoms with van der Waals surface area (Å²) in [5.74, 6) is -0.961. The van der Waals surface area contributed by atoms with Gasteiger partial charge >= 0.3 is 18.2 Å². The molecule has 3 heterocycles. The van der Waals surface area contributed by atoms with Crippen LogP contribution >= 0.6 is 0 Å². The lowest BCUT2D eigenvalue weighted by Crippen LogP contribution is -2.37. The normalized spacial score (nSPS) is 18.8. The summed E-state index contributed by atoms with van der Waals surface area (Å²) in [7, 11) is 0. The van der Waals surface area contributed by atoms with Crippen LogP contribution in [-0.4, -0.2) is 61.9 Å². The van der Waals surface area contributed by atoms with E-state index in [2.05, 4.69) is 35.1 Å². The molecule has 0 fully saturated rings. The van der Waals surface area contributed by atoms with Crippen LogP contribution in [0.15, 0.2) is 109 Å². The molecule has 6 atom stereocenters. The van der Waals surface area contributed by atoms with Crippen LogP contribution in [0.25, 0.3) is 0 Å². The number of carbonyl (C=O) groups is 4. The number of hydrogen-bond donors (Lipinski definition) is 0. The quantitative estimate of drug-likeness (QED) is 0.0570. The van der Waals surface area contributed by atoms with E-state index in [-0.39, 0.29) is 42.2 Å². The molecule has 0 bridgehead atoms. The highest BCUT2D eigenvalue weighted by atomic mass is 16.6. The number of Topliss-reactive ketones (excluding diaryl/α,β-unsaturated/α-hetero) is 1. The topological polar surface area (TPSA) is 132 Å². The molecule has 0 aromatic carbocycles. The summed E-state index contributed by atoms with van der Waals surface area (Å²) in [6, 6.07) is 0. The van der Waals surface area contributed by atoms with E-state index in [1.54, 1.807) is 19.9 Å². The first-order valence-corrected chi connectivity index (χ1v) is 17.0. The SMILES string of the molecule is CC(C=C[C@H]1CC=CC(=O)O1)=C[C@H](C)C/C=C/C(C)C=C(C)C(=O)[C@@H](C)[C@H](OC(=O)n1ccnc1)[C@@H](C)CC(C)=CCOC(=O)n1ccnc1. The second-order valence-electron chi connectivity index (χ2n) is 13.0. The van der Waals surface area contributed by atoms with Crippen LogP contribution in [0.4, 0.5) is 9.59 Å². The van der Waals surface area contributed by atoms with Gasteiger partial charge in [-0.15, -0.1) is 0 Å². The Hall–Kier alpha value is -5.06. The molecule has 268 valence electrons. The number of esters is 1. The number of aromatic nitrogens is 4. The monoisotopic (exact) mass is 686 g/mol. The van der Waals surface area contributed by atoms with Crippen molar-refractivity contribution in [3.8, 4) is 0 Å². The molecule has 1 aliphatic rings. The maximum absolute atomic E-state index is 13.7. The predicted molar refractivity (Wildman–Crippen MR) is 191 cm³/mol. The standard InChI is InChI=1S/C39H50N4O7/c1-27(22-29(3)14-15-34-12-9-13-35(44)49-34)10-8-11-28(2)23-31(5)36(45)33(7)37(50-39(47)43-20-18-41-26-43)32(6)24-30(4)16-21-48-38(46)42-19-17-40-25-42/h8-9,11,13-20,22-23,25-28,32-34,37H,10,12,21,24H2,1-7H3/b11-8+,15-14?,29-22?,30-16?,31-23?/t27-,28?,32+,33-,34-,37-/m1/s1. The number of rotatable bonds is 16. The van der Waals surface area contributed by atoms with Gasteiger partial charge in [-0.3, -0.25) is 4.79 Å². The lowest BCUT2D eigenvalue weighted by Gasteiger charge is -2.29. The minimum Gasteiger partial charge on any atom is -0.455 e. The van der Waals surface area contributed by atoms with E-state index in [4.69, 9.17) is 14.2 Å². The smallest absolute Gasteiger partial charge is 0.419 e. The van der Waals surface area contributed by atoms with Crippen LogP contribution in [-0.2, 0) is 23.8 Å². The Morgan fingerprint density at radius 1 is 1.00 bits per heavy atom. The third kappa shape index (κ3) is 13.1. The van der Waals surface area contributed by atoms with Crippen LogP contribution in [0.5, 0.6) is 0 Å². The first-order chi connectivity index (χ1) is 23.8. The molecule has 0 saturated heterocycles. The molecule has 2 aromatic rings. The molecule has 0 radical (unpaired) electrons. The van der Waals surface area contributed by atoms with Crippen molar-refractivity contribution in [3.63, 3.8) is 0 Å². The number of carbonyl (C=O) groups excluding carboxylic acids is 4. The van der Waals surface area contributed by atoms with Crippen molar-refractivity contribution < 1.29 is 33.4 Å². The van der Waals surface area contributed by atoms with Gasteiger partial charge in [-0.2, -0.15) is 0 Å². The molecular formula is C39H50N4O7. The minimum atomic E-state index is -0.727. The van der Waals surface area contributed by atoms with Crippen LogP contribution in [0.1, 0.15) is 67.7 Å². The maximum atomic E-state index is 13.7. The fourth-order valence-corrected chi connectivity index (χ4v) is 5.69. The molecule has 1 aliphatic heterocycles. The Morgan fingerprint density at radius 2 is 1.68 bits per heavy atom. The van der Waals surface area contributed by atoms with E-state index in [1.165, 1.54) is 52.7 Å². The minimum absolute atomic E-state index is 0.0111. The van der Waals surface area contributed by atoms with Crippen molar-refractivity contribution in [2.75, 3.05) is 6.61 Å². The fourth-order valence-electron chi connectivity index (χ4n) is 5.69. The van der Waals surface area contributed by atoms with E-state index < -0.39 is 24.2 Å². The summed E-state index contributed by atoms with van der Waals surface area (Å²) >= 11 is 0. The number of hydrogen-bond acceptors (Lipinski definition) is 9. The van der Waals surface area contributed by atoms with Gasteiger partial charge in [0.1, 0.15) is 31.5 Å². The number of cyclic esters (lactones) is 1. The molecule has 0 saturated carbocycles. The molecule has 11 heteroatoms. The molecular weight excluding hydrogens is 636 g/mol. The summed E-state index contributed by atoms with van der Waals surface area (Å²) in [5.41, 5.74) is 2.61. The van der Waals surface area contributed by atoms with E-state index in [0.717, 1.165) is 17.6 Å². The van der Waals surface area contributed by atoms with Crippen LogP contribution in [0, 0.1) is 23.7 Å². The molecule has 1 unspecified atom stereocenters. The molecule has 3 rings (SSSR count). The van der Waals surface area contributed by atoms with Crippen molar-refractivity contribution in [3.05, 3.63) is 109 Å². The Kier molecular flexibility index (Phi) is 15.6. The third-order valence-corrected chi connectivity index (χ3v) is 8.28. The summed E-state index contributed by atoms with van der Waals surface area (Å²) in [4.78, 5) is 58.0. The van der Waals surface area contributed by atoms with Gasteiger partial charge in [0.05, 0.1) is 5.92 Å². The lowest BCUT2D eigenvalue weighted by molar-refractivity contribution is -0.141. The number of nitrogens with zero attached hydrogens (tertiary/aromatic N) is 4. The number of allylic oxidation sites excluding steroid dienone is 8. The largest absolute Gasteiger partial charge is 0.455 e. The summed E-state index contributed by atoms with van der Waals surface area (Å²) in [6.07, 6.45) is 25.9. The Morgan fingerprint density at radius 3 is 2.32 bits per heavy atom. The zero-order valence-electron chi connectivity index (χ0n) is 30.1. The van der Waals surface area contributed by atoms with Gasteiger partial charge in [-0.1, -0.05) is 75.3 Å². The first kappa shape index (κ1) is 39.4. The molecule has 0 spiro atoms. The average molecular weight is 687 g/mol. The molecule has 2 aromatic heterocycles. The van der Waals surface area contributed by atoms with Crippen molar-refractivity contribution >= 4 is 23.9 Å². The molecule has 50 heavy (non-hydrogen) atoms. The summed E-state index contributed by atoms with van der Waals surface area (Å²) in [5, 5.41) is 0. The van der Waals surface area contributed by atoms with Gasteiger partial charge in [0.25, 0.3) is 0 Å². The van der Waals surface area contributed by atoms with Crippen LogP contribution in [0.3, 0.4) is 0 Å². The molecule has 11 nitrogen and oxygen atoms in total. The second-order valence-corrected chi connectivity index (χ2v) is 13.0. The van der Waals surface area contributed by atoms with Crippen LogP contribution in [0.2, 0.25) is 0 Å². The fraction of sp³-hybridized carbons (Fsp3) is 0.436. The second kappa shape index (κ2) is 19.8. The van der Waals surface area contributed by atoms with Gasteiger partial charge in [0.15, 0.2) is 5.78 Å². The highest BCUT2D eigenvalue weighted by Gasteiger charge is 2.33. The number of imidazole rings is 2. The molecule has 0 amide bonds. The Balaban J connectivity index is 1.60. The van der Waals surface area contributed by atoms with Gasteiger partial charge < -0.3 is 14.2 Å². The number of ether oxygens (including phenoxy) is 3. The zero-order chi connectivity index (χ0) is 36.6. The lowest BCUT2D eigenvalue weighted by atomic mass is 9.84. The Bertz CT molecular complexity index is 1610. The molecule has 0 aliphatic carbocycles. The average Bonchev–Trinajstić information content (AvgIpc) is 3.81. The van der Waals surface area contributed by atoms with Gasteiger partial charge in [0.2, 0.25) is 0 Å². The van der Waals surface area contributed by atoms with Crippen molar-refractivity contribution in [1.29, 1.82) is 0 Å². The summed E-state index contributed by atoms with van der Waals surface area (Å²) < 4.78 is 19.0. The highest BCUT2D eigenvalue weighted by molar-refractivity contribution is 5.97. The first-order valence-electron chi connectivity index (χ1n) is 17.0.